The van der Waals surface area contributed by atoms with Crippen molar-refractivity contribution in [2.24, 2.45) is 0 Å². The monoisotopic (exact) mass is 271 g/mol. The Kier molecular flexibility index (Phi) is 5.80. The summed E-state index contributed by atoms with van der Waals surface area (Å²) >= 11 is 0. The van der Waals surface area contributed by atoms with E-state index in [1.807, 2.05) is 7.05 Å². The molecule has 1 rings (SSSR count). The average Bonchev–Trinajstić information content (AvgIpc) is 2.32. The highest BCUT2D eigenvalue weighted by Crippen LogP contribution is 2.37. The fourth-order valence-corrected chi connectivity index (χ4v) is 3.01. The summed E-state index contributed by atoms with van der Waals surface area (Å²) in [6.45, 7) is 5.64. The molecule has 1 saturated carbocycles. The van der Waals surface area contributed by atoms with Gasteiger partial charge in [-0.3, -0.25) is 0 Å². The molecule has 0 saturated heterocycles. The molecule has 0 aliphatic heterocycles. The minimum atomic E-state index is -0.182. The molecule has 4 heteroatoms. The van der Waals surface area contributed by atoms with E-state index in [1.165, 1.54) is 19.3 Å². The zero-order valence-electron chi connectivity index (χ0n) is 13.7. The van der Waals surface area contributed by atoms with Gasteiger partial charge in [-0.05, 0) is 67.7 Å². The van der Waals surface area contributed by atoms with Crippen LogP contribution in [-0.4, -0.2) is 73.4 Å². The molecule has 0 heterocycles. The third-order valence-electron chi connectivity index (χ3n) is 5.23. The van der Waals surface area contributed by atoms with E-state index in [1.54, 1.807) is 0 Å². The summed E-state index contributed by atoms with van der Waals surface area (Å²) in [6.07, 6.45) is 4.92. The van der Waals surface area contributed by atoms with Crippen LogP contribution < -0.4 is 5.32 Å². The lowest BCUT2D eigenvalue weighted by molar-refractivity contribution is 0.0120. The Morgan fingerprint density at radius 1 is 1.32 bits per heavy atom. The molecule has 0 aromatic carbocycles. The van der Waals surface area contributed by atoms with Crippen LogP contribution in [0, 0.1) is 0 Å². The van der Waals surface area contributed by atoms with Crippen molar-refractivity contribution in [3.05, 3.63) is 0 Å². The second kappa shape index (κ2) is 6.53. The molecule has 1 aliphatic rings. The van der Waals surface area contributed by atoms with Crippen molar-refractivity contribution in [3.8, 4) is 0 Å². The number of nitrogens with zero attached hydrogens (tertiary/aromatic N) is 2. The Morgan fingerprint density at radius 2 is 1.89 bits per heavy atom. The number of likely N-dealkylation sites (N-methyl/N-ethyl adjacent to an activating group) is 3. The van der Waals surface area contributed by atoms with E-state index in [2.05, 4.69) is 50.1 Å². The van der Waals surface area contributed by atoms with Gasteiger partial charge in [0, 0.05) is 23.7 Å². The molecule has 2 unspecified atom stereocenters. The van der Waals surface area contributed by atoms with Crippen molar-refractivity contribution in [1.29, 1.82) is 0 Å². The fraction of sp³-hybridized carbons (Fsp3) is 1.00. The summed E-state index contributed by atoms with van der Waals surface area (Å²) in [5.41, 5.74) is 0.191. The maximum absolute atomic E-state index is 9.50. The van der Waals surface area contributed by atoms with Crippen molar-refractivity contribution in [2.75, 3.05) is 41.3 Å². The zero-order chi connectivity index (χ0) is 14.7. The Balaban J connectivity index is 2.55. The van der Waals surface area contributed by atoms with Crippen molar-refractivity contribution in [1.82, 2.24) is 15.1 Å². The van der Waals surface area contributed by atoms with Gasteiger partial charge in [0.25, 0.3) is 0 Å². The van der Waals surface area contributed by atoms with Crippen LogP contribution in [0.5, 0.6) is 0 Å². The van der Waals surface area contributed by atoms with Gasteiger partial charge in [-0.15, -0.1) is 0 Å². The first-order valence-corrected chi connectivity index (χ1v) is 7.46. The zero-order valence-corrected chi connectivity index (χ0v) is 13.7. The molecule has 0 amide bonds. The minimum absolute atomic E-state index is 0.181. The van der Waals surface area contributed by atoms with Crippen LogP contribution in [0.15, 0.2) is 0 Å². The van der Waals surface area contributed by atoms with E-state index in [0.29, 0.717) is 11.6 Å². The van der Waals surface area contributed by atoms with Crippen LogP contribution >= 0.6 is 0 Å². The van der Waals surface area contributed by atoms with Gasteiger partial charge >= 0.3 is 0 Å². The number of aliphatic hydroxyl groups is 1. The second-order valence-electron chi connectivity index (χ2n) is 6.91. The maximum atomic E-state index is 9.50. The summed E-state index contributed by atoms with van der Waals surface area (Å²) in [4.78, 5) is 4.84. The van der Waals surface area contributed by atoms with Crippen LogP contribution in [-0.2, 0) is 0 Å². The minimum Gasteiger partial charge on any atom is -0.394 e. The summed E-state index contributed by atoms with van der Waals surface area (Å²) < 4.78 is 0. The molecule has 0 aromatic heterocycles. The lowest BCUT2D eigenvalue weighted by atomic mass is 9.75. The highest BCUT2D eigenvalue weighted by molar-refractivity contribution is 4.99. The number of hydrogen-bond acceptors (Lipinski definition) is 4. The summed E-state index contributed by atoms with van der Waals surface area (Å²) in [5, 5.41) is 12.7. The summed E-state index contributed by atoms with van der Waals surface area (Å²) in [6, 6.07) is 0.460. The molecule has 114 valence electrons. The predicted octanol–water partition coefficient (Wildman–Crippen LogP) is 1.15. The van der Waals surface area contributed by atoms with E-state index in [9.17, 15) is 5.11 Å². The molecule has 0 aromatic rings. The molecule has 0 radical (unpaired) electrons. The predicted molar refractivity (Wildman–Crippen MR) is 81.5 cm³/mol. The van der Waals surface area contributed by atoms with Gasteiger partial charge in [0.05, 0.1) is 6.61 Å². The molecular formula is C15H33N3O. The third kappa shape index (κ3) is 3.91. The number of rotatable bonds is 8. The second-order valence-corrected chi connectivity index (χ2v) is 6.91. The van der Waals surface area contributed by atoms with E-state index >= 15 is 0 Å². The number of aliphatic hydroxyl groups excluding tert-OH is 1. The van der Waals surface area contributed by atoms with Crippen LogP contribution in [0.3, 0.4) is 0 Å². The van der Waals surface area contributed by atoms with Crippen LogP contribution in [0.2, 0.25) is 0 Å². The molecule has 0 spiro atoms. The van der Waals surface area contributed by atoms with Gasteiger partial charge in [-0.2, -0.15) is 0 Å². The molecule has 2 N–H and O–H groups in total. The number of hydrogen-bond donors (Lipinski definition) is 2. The molecule has 0 bridgehead atoms. The normalized spacial score (nSPS) is 23.2. The van der Waals surface area contributed by atoms with Gasteiger partial charge in [0.1, 0.15) is 0 Å². The highest BCUT2D eigenvalue weighted by atomic mass is 16.3. The van der Waals surface area contributed by atoms with Gasteiger partial charge in [0.15, 0.2) is 0 Å². The van der Waals surface area contributed by atoms with Crippen molar-refractivity contribution in [2.45, 2.75) is 56.7 Å². The summed E-state index contributed by atoms with van der Waals surface area (Å²) in [5.74, 6) is 0. The average molecular weight is 271 g/mol. The van der Waals surface area contributed by atoms with Crippen LogP contribution in [0.25, 0.3) is 0 Å². The maximum Gasteiger partial charge on any atom is 0.0611 e. The first-order chi connectivity index (χ1) is 8.78. The Hall–Kier alpha value is -0.160. The standard InChI is InChI=1S/C15H33N3O/c1-13(10-14(2,12-19)16-3)18(6)11-15(17(4)5)8-7-9-15/h13,16,19H,7-12H2,1-6H3. The first kappa shape index (κ1) is 16.9. The van der Waals surface area contributed by atoms with Gasteiger partial charge in [0.2, 0.25) is 0 Å². The Bertz CT molecular complexity index is 273. The van der Waals surface area contributed by atoms with Crippen LogP contribution in [0.4, 0.5) is 0 Å². The van der Waals surface area contributed by atoms with Crippen molar-refractivity contribution in [3.63, 3.8) is 0 Å². The number of nitrogens with one attached hydrogen (secondary N) is 1. The largest absolute Gasteiger partial charge is 0.394 e. The molecule has 1 aliphatic carbocycles. The Labute approximate surface area is 119 Å². The van der Waals surface area contributed by atoms with Gasteiger partial charge in [-0.25, -0.2) is 0 Å². The molecule has 2 atom stereocenters. The van der Waals surface area contributed by atoms with Crippen molar-refractivity contribution < 1.29 is 5.11 Å². The Morgan fingerprint density at radius 3 is 2.21 bits per heavy atom. The van der Waals surface area contributed by atoms with E-state index in [4.69, 9.17) is 0 Å². The quantitative estimate of drug-likeness (QED) is 0.695. The van der Waals surface area contributed by atoms with Crippen LogP contribution in [0.1, 0.15) is 39.5 Å². The smallest absolute Gasteiger partial charge is 0.0611 e. The van der Waals surface area contributed by atoms with Gasteiger partial charge < -0.3 is 20.2 Å². The molecule has 19 heavy (non-hydrogen) atoms. The van der Waals surface area contributed by atoms with E-state index < -0.39 is 0 Å². The van der Waals surface area contributed by atoms with Gasteiger partial charge in [-0.1, -0.05) is 0 Å². The molecule has 4 nitrogen and oxygen atoms in total. The van der Waals surface area contributed by atoms with Crippen molar-refractivity contribution >= 4 is 0 Å². The molecular weight excluding hydrogens is 238 g/mol. The SMILES string of the molecule is CNC(C)(CO)CC(C)N(C)CC1(N(C)C)CCC1. The molecule has 1 fully saturated rings. The topological polar surface area (TPSA) is 38.7 Å². The highest BCUT2D eigenvalue weighted by Gasteiger charge is 2.40. The lowest BCUT2D eigenvalue weighted by Crippen LogP contribution is -2.58. The van der Waals surface area contributed by atoms with E-state index in [-0.39, 0.29) is 12.1 Å². The third-order valence-corrected chi connectivity index (χ3v) is 5.23. The lowest BCUT2D eigenvalue weighted by Gasteiger charge is -2.50. The fourth-order valence-electron chi connectivity index (χ4n) is 3.01. The van der Waals surface area contributed by atoms with E-state index in [0.717, 1.165) is 13.0 Å². The first-order valence-electron chi connectivity index (χ1n) is 7.46. The summed E-state index contributed by atoms with van der Waals surface area (Å²) in [7, 11) is 8.53.